The summed E-state index contributed by atoms with van der Waals surface area (Å²) in [5.74, 6) is 2.69. The minimum absolute atomic E-state index is 0.243. The van der Waals surface area contributed by atoms with E-state index in [0.717, 1.165) is 23.4 Å². The lowest BCUT2D eigenvalue weighted by Crippen LogP contribution is -2.15. The summed E-state index contributed by atoms with van der Waals surface area (Å²) in [4.78, 5) is 0. The van der Waals surface area contributed by atoms with E-state index in [1.165, 1.54) is 64.2 Å². The molecule has 2 aliphatic carbocycles. The molecule has 2 fully saturated rings. The minimum atomic E-state index is 0.243. The third-order valence-electron chi connectivity index (χ3n) is 6.62. The molecule has 0 heterocycles. The first-order valence-electron chi connectivity index (χ1n) is 10.2. The zero-order valence-electron chi connectivity index (χ0n) is 15.5. The van der Waals surface area contributed by atoms with E-state index >= 15 is 0 Å². The van der Waals surface area contributed by atoms with Crippen LogP contribution < -0.4 is 0 Å². The Hall–Kier alpha value is 0.380. The van der Waals surface area contributed by atoms with Gasteiger partial charge in [-0.05, 0) is 98.1 Å². The van der Waals surface area contributed by atoms with Crippen LogP contribution in [0.5, 0.6) is 0 Å². The fraction of sp³-hybridized carbons (Fsp3) is 0.727. The van der Waals surface area contributed by atoms with Crippen LogP contribution in [0.1, 0.15) is 94.1 Å². The molecule has 134 valence electrons. The molecule has 24 heavy (non-hydrogen) atoms. The van der Waals surface area contributed by atoms with E-state index in [-0.39, 0.29) is 5.56 Å². The van der Waals surface area contributed by atoms with Gasteiger partial charge in [-0.15, -0.1) is 0 Å². The fourth-order valence-corrected chi connectivity index (χ4v) is 7.68. The van der Waals surface area contributed by atoms with Crippen LogP contribution in [0, 0.1) is 5.92 Å². The highest BCUT2D eigenvalue weighted by Gasteiger charge is 2.25. The summed E-state index contributed by atoms with van der Waals surface area (Å²) in [6.07, 6.45) is 14.3. The fourth-order valence-electron chi connectivity index (χ4n) is 5.00. The van der Waals surface area contributed by atoms with Crippen molar-refractivity contribution in [1.29, 1.82) is 0 Å². The van der Waals surface area contributed by atoms with Crippen LogP contribution in [0.3, 0.4) is 0 Å². The van der Waals surface area contributed by atoms with E-state index < -0.39 is 0 Å². The molecule has 1 atom stereocenters. The maximum atomic E-state index is 2.68. The Morgan fingerprint density at radius 3 is 1.71 bits per heavy atom. The first-order chi connectivity index (χ1) is 11.7. The topological polar surface area (TPSA) is 0 Å². The van der Waals surface area contributed by atoms with E-state index in [1.807, 2.05) is 0 Å². The lowest BCUT2D eigenvalue weighted by Gasteiger charge is -2.31. The first kappa shape index (κ1) is 19.2. The molecule has 1 aromatic carbocycles. The highest BCUT2D eigenvalue weighted by atomic mass is 127. The average molecular weight is 456 g/mol. The lowest BCUT2D eigenvalue weighted by atomic mass is 9.76. The van der Waals surface area contributed by atoms with Crippen LogP contribution in [-0.2, 0) is 0 Å². The Balaban J connectivity index is 1.53. The third-order valence-corrected chi connectivity index (χ3v) is 10.5. The van der Waals surface area contributed by atoms with Gasteiger partial charge in [0.1, 0.15) is 0 Å². The summed E-state index contributed by atoms with van der Waals surface area (Å²) in [6, 6.07) is 9.88. The summed E-state index contributed by atoms with van der Waals surface area (Å²) >= 11 is 2.68. The van der Waals surface area contributed by atoms with E-state index in [2.05, 4.69) is 59.9 Å². The molecule has 0 nitrogen and oxygen atoms in total. The first-order valence-corrected chi connectivity index (χ1v) is 14.8. The molecule has 0 radical (unpaired) electrons. The molecule has 0 N–H and O–H groups in total. The van der Waals surface area contributed by atoms with Gasteiger partial charge in [0.05, 0.1) is 0 Å². The van der Waals surface area contributed by atoms with Gasteiger partial charge in [-0.1, -0.05) is 66.1 Å². The van der Waals surface area contributed by atoms with Crippen LogP contribution in [0.2, 0.25) is 0 Å². The van der Waals surface area contributed by atoms with E-state index in [9.17, 15) is 0 Å². The van der Waals surface area contributed by atoms with Crippen LogP contribution in [0.4, 0.5) is 0 Å². The number of halogens is 1. The van der Waals surface area contributed by atoms with Gasteiger partial charge in [0, 0.05) is 0 Å². The molecule has 2 aliphatic rings. The highest BCUT2D eigenvalue weighted by Crippen LogP contribution is 2.53. The molecular weight excluding hydrogens is 422 g/mol. The lowest BCUT2D eigenvalue weighted by molar-refractivity contribution is 0.308. The van der Waals surface area contributed by atoms with Crippen molar-refractivity contribution in [2.24, 2.45) is 5.92 Å². The average Bonchev–Trinajstić information content (AvgIpc) is 2.63. The molecule has 0 spiro atoms. The van der Waals surface area contributed by atoms with Crippen LogP contribution >= 0.6 is 27.6 Å². The van der Waals surface area contributed by atoms with Gasteiger partial charge in [0.15, 0.2) is 0 Å². The molecule has 0 bridgehead atoms. The zero-order chi connectivity index (χ0) is 16.9. The predicted octanol–water partition coefficient (Wildman–Crippen LogP) is 8.25. The van der Waals surface area contributed by atoms with Gasteiger partial charge < -0.3 is 0 Å². The van der Waals surface area contributed by atoms with E-state index in [0.29, 0.717) is 0 Å². The summed E-state index contributed by atoms with van der Waals surface area (Å²) in [7, 11) is 0. The van der Waals surface area contributed by atoms with Gasteiger partial charge in [0.2, 0.25) is 0 Å². The van der Waals surface area contributed by atoms with E-state index in [4.69, 9.17) is 0 Å². The molecule has 0 aromatic heterocycles. The Bertz CT molecular complexity index is 479. The second-order valence-corrected chi connectivity index (χ2v) is 14.5. The predicted molar refractivity (Wildman–Crippen MR) is 118 cm³/mol. The normalized spacial score (nSPS) is 32.5. The summed E-state index contributed by atoms with van der Waals surface area (Å²) < 4.78 is 0. The SMILES string of the molecule is CCCC1CCC(c2ccc(C3CCC(P(C)I)CC3)cc2)CC1. The second-order valence-electron chi connectivity index (χ2n) is 8.20. The molecule has 3 rings (SSSR count). The Morgan fingerprint density at radius 2 is 1.29 bits per heavy atom. The van der Waals surface area contributed by atoms with Crippen molar-refractivity contribution in [2.75, 3.05) is 6.66 Å². The summed E-state index contributed by atoms with van der Waals surface area (Å²) in [5.41, 5.74) is 4.50. The number of rotatable bonds is 5. The number of benzene rings is 1. The Morgan fingerprint density at radius 1 is 0.833 bits per heavy atom. The highest BCUT2D eigenvalue weighted by molar-refractivity contribution is 14.2. The molecule has 0 aliphatic heterocycles. The minimum Gasteiger partial charge on any atom is -0.0654 e. The summed E-state index contributed by atoms with van der Waals surface area (Å²) in [5, 5.41) is 0. The molecule has 0 saturated heterocycles. The molecule has 1 aromatic rings. The van der Waals surface area contributed by atoms with Crippen LogP contribution in [0.15, 0.2) is 24.3 Å². The largest absolute Gasteiger partial charge is 0.0654 e. The third kappa shape index (κ3) is 4.97. The quantitative estimate of drug-likeness (QED) is 0.309. The second kappa shape index (κ2) is 9.36. The Kier molecular flexibility index (Phi) is 7.46. The van der Waals surface area contributed by atoms with Crippen molar-refractivity contribution in [3.05, 3.63) is 35.4 Å². The van der Waals surface area contributed by atoms with Gasteiger partial charge >= 0.3 is 0 Å². The van der Waals surface area contributed by atoms with Gasteiger partial charge in [-0.2, -0.15) is 0 Å². The van der Waals surface area contributed by atoms with Gasteiger partial charge in [0.25, 0.3) is 0 Å². The van der Waals surface area contributed by atoms with E-state index in [1.54, 1.807) is 11.1 Å². The molecule has 1 unspecified atom stereocenters. The molecule has 2 heteroatoms. The van der Waals surface area contributed by atoms with Crippen molar-refractivity contribution in [2.45, 2.75) is 88.6 Å². The monoisotopic (exact) mass is 456 g/mol. The Labute approximate surface area is 163 Å². The van der Waals surface area contributed by atoms with Crippen molar-refractivity contribution >= 4 is 27.6 Å². The summed E-state index contributed by atoms with van der Waals surface area (Å²) in [6.45, 7) is 4.78. The maximum absolute atomic E-state index is 2.68. The number of hydrogen-bond acceptors (Lipinski definition) is 0. The van der Waals surface area contributed by atoms with Crippen molar-refractivity contribution in [3.8, 4) is 0 Å². The molecule has 2 saturated carbocycles. The van der Waals surface area contributed by atoms with Crippen molar-refractivity contribution in [3.63, 3.8) is 0 Å². The van der Waals surface area contributed by atoms with Crippen molar-refractivity contribution < 1.29 is 0 Å². The van der Waals surface area contributed by atoms with Gasteiger partial charge in [-0.3, -0.25) is 0 Å². The smallest absolute Gasteiger partial charge is 0.0121 e. The molecular formula is C22H34IP. The van der Waals surface area contributed by atoms with Gasteiger partial charge in [-0.25, -0.2) is 0 Å². The molecule has 0 amide bonds. The zero-order valence-corrected chi connectivity index (χ0v) is 18.6. The maximum Gasteiger partial charge on any atom is -0.0121 e. The standard InChI is InChI=1S/C22H34IP/c1-3-4-17-5-7-18(8-6-17)19-9-11-20(12-10-19)21-13-15-22(16-14-21)24(2)23/h9-12,17-18,21-22H,3-8,13-16H2,1-2H3. The van der Waals surface area contributed by atoms with Crippen LogP contribution in [0.25, 0.3) is 0 Å². The van der Waals surface area contributed by atoms with Crippen molar-refractivity contribution in [1.82, 2.24) is 0 Å². The number of hydrogen-bond donors (Lipinski definition) is 0. The van der Waals surface area contributed by atoms with Crippen LogP contribution in [-0.4, -0.2) is 12.3 Å².